The summed E-state index contributed by atoms with van der Waals surface area (Å²) < 4.78 is 90.2. The molecule has 1 N–H and O–H groups in total. The summed E-state index contributed by atoms with van der Waals surface area (Å²) in [5, 5.41) is 9.23. The number of allylic oxidation sites excluding steroid dienone is 1. The third kappa shape index (κ3) is 8.40. The molecule has 15 heteroatoms. The third-order valence-electron chi connectivity index (χ3n) is 9.93. The Morgan fingerprint density at radius 3 is 2.37 bits per heavy atom. The Kier molecular flexibility index (Phi) is 11.5. The molecule has 4 heterocycles. The summed E-state index contributed by atoms with van der Waals surface area (Å²) in [7, 11) is 0. The number of carboxylic acids is 1. The predicted molar refractivity (Wildman–Crippen MR) is 178 cm³/mol. The number of nitrogens with zero attached hydrogens (tertiary/aromatic N) is 3. The molecule has 8 nitrogen and oxygen atoms in total. The molecule has 0 spiro atoms. The molecule has 2 amide bonds. The van der Waals surface area contributed by atoms with E-state index in [1.165, 1.54) is 11.8 Å². The van der Waals surface area contributed by atoms with E-state index in [1.807, 2.05) is 24.3 Å². The van der Waals surface area contributed by atoms with Crippen LogP contribution in [-0.4, -0.2) is 86.5 Å². The van der Waals surface area contributed by atoms with E-state index in [0.717, 1.165) is 29.6 Å². The molecule has 3 aliphatic heterocycles. The number of carbonyl (C=O) groups excluding carboxylic acids is 2. The van der Waals surface area contributed by atoms with Gasteiger partial charge in [0.1, 0.15) is 0 Å². The molecule has 2 saturated heterocycles. The Bertz CT molecular complexity index is 1640. The summed E-state index contributed by atoms with van der Waals surface area (Å²) in [6.45, 7) is 3.77. The van der Waals surface area contributed by atoms with E-state index < -0.39 is 63.4 Å². The fourth-order valence-corrected chi connectivity index (χ4v) is 8.73. The highest BCUT2D eigenvalue weighted by atomic mass is 32.2. The van der Waals surface area contributed by atoms with Crippen molar-refractivity contribution in [2.45, 2.75) is 101 Å². The third-order valence-corrected chi connectivity index (χ3v) is 11.3. The molecule has 2 aromatic rings. The number of halogens is 6. The Morgan fingerprint density at radius 2 is 1.75 bits per heavy atom. The van der Waals surface area contributed by atoms with Crippen molar-refractivity contribution in [1.29, 1.82) is 0 Å². The molecule has 5 rings (SSSR count). The van der Waals surface area contributed by atoms with Gasteiger partial charge < -0.3 is 19.6 Å². The zero-order valence-corrected chi connectivity index (χ0v) is 29.2. The maximum Gasteiger partial charge on any atom is 0.422 e. The minimum absolute atomic E-state index is 0.0123. The van der Waals surface area contributed by atoms with Crippen molar-refractivity contribution in [2.75, 3.05) is 25.4 Å². The molecule has 1 aromatic carbocycles. The van der Waals surface area contributed by atoms with Crippen molar-refractivity contribution < 1.29 is 50.6 Å². The van der Waals surface area contributed by atoms with Crippen molar-refractivity contribution in [3.05, 3.63) is 76.0 Å². The lowest BCUT2D eigenvalue weighted by Gasteiger charge is -2.53. The smallest absolute Gasteiger partial charge is 0.422 e. The number of amides is 2. The summed E-state index contributed by atoms with van der Waals surface area (Å²) >= 11 is 0.555. The molecule has 1 unspecified atom stereocenters. The molecule has 3 atom stereocenters. The van der Waals surface area contributed by atoms with Crippen molar-refractivity contribution in [2.24, 2.45) is 0 Å². The number of aryl methyl sites for hydroxylation is 1. The molecule has 278 valence electrons. The SMILES string of the molecule is CCC[C@H]1N(C(=O)c2cnccc2C(F)(F)F)CCC[C@@]1(OC1(C)C=C(C(F)(F)F)SC1)C(=O)N1CCC(c2ccccc2CCC(=O)O)CC1. The second-order valence-corrected chi connectivity index (χ2v) is 14.6. The second kappa shape index (κ2) is 15.2. The Hall–Kier alpha value is -3.59. The second-order valence-electron chi connectivity index (χ2n) is 13.6. The summed E-state index contributed by atoms with van der Waals surface area (Å²) in [5.74, 6) is -2.55. The number of aliphatic carboxylic acids is 1. The lowest BCUT2D eigenvalue weighted by atomic mass is 9.78. The van der Waals surface area contributed by atoms with E-state index in [1.54, 1.807) is 11.8 Å². The van der Waals surface area contributed by atoms with Crippen molar-refractivity contribution >= 4 is 29.5 Å². The van der Waals surface area contributed by atoms with E-state index in [2.05, 4.69) is 4.98 Å². The van der Waals surface area contributed by atoms with Crippen LogP contribution in [0.25, 0.3) is 0 Å². The molecule has 0 saturated carbocycles. The van der Waals surface area contributed by atoms with Crippen molar-refractivity contribution in [3.63, 3.8) is 0 Å². The molecular weight excluding hydrogens is 700 g/mol. The number of rotatable bonds is 10. The first-order chi connectivity index (χ1) is 24.0. The van der Waals surface area contributed by atoms with E-state index in [4.69, 9.17) is 4.74 Å². The standard InChI is InChI=1S/C36H41F6N3O5S/c1-3-7-28-34(50-33(2)20-29(51-22-33)36(40,41)42,15-6-17-45(28)31(48)26-21-43-16-12-27(26)35(37,38)39)32(49)44-18-13-24(14-19-44)25-9-5-4-8-23(25)10-11-30(46)47/h4-5,8-9,12,16,20-21,24,28H,3,6-7,10-11,13-15,17-19,22H2,1-2H3,(H,46,47)/t28-,33?,34+/m1/s1. The van der Waals surface area contributed by atoms with Gasteiger partial charge in [-0.3, -0.25) is 19.4 Å². The predicted octanol–water partition coefficient (Wildman–Crippen LogP) is 7.64. The van der Waals surface area contributed by atoms with E-state index in [9.17, 15) is 45.8 Å². The lowest BCUT2D eigenvalue weighted by molar-refractivity contribution is -0.196. The highest BCUT2D eigenvalue weighted by Crippen LogP contribution is 2.48. The number of likely N-dealkylation sites (tertiary alicyclic amines) is 2. The van der Waals surface area contributed by atoms with Gasteiger partial charge in [-0.25, -0.2) is 0 Å². The van der Waals surface area contributed by atoms with E-state index in [-0.39, 0.29) is 57.0 Å². The van der Waals surface area contributed by atoms with Gasteiger partial charge >= 0.3 is 18.3 Å². The zero-order valence-electron chi connectivity index (χ0n) is 28.4. The topological polar surface area (TPSA) is 100 Å². The van der Waals surface area contributed by atoms with Gasteiger partial charge in [0.05, 0.1) is 27.7 Å². The summed E-state index contributed by atoms with van der Waals surface area (Å²) in [6, 6.07) is 7.18. The summed E-state index contributed by atoms with van der Waals surface area (Å²) in [6.07, 6.45) is -4.66. The highest BCUT2D eigenvalue weighted by Gasteiger charge is 2.58. The number of ether oxygens (including phenoxy) is 1. The van der Waals surface area contributed by atoms with Crippen molar-refractivity contribution in [1.82, 2.24) is 14.8 Å². The van der Waals surface area contributed by atoms with Gasteiger partial charge in [-0.15, -0.1) is 11.8 Å². The molecule has 3 aliphatic rings. The molecule has 0 radical (unpaired) electrons. The average Bonchev–Trinajstić information content (AvgIpc) is 3.49. The van der Waals surface area contributed by atoms with Gasteiger partial charge in [-0.1, -0.05) is 37.6 Å². The maximum absolute atomic E-state index is 14.9. The van der Waals surface area contributed by atoms with Crippen LogP contribution in [0.15, 0.2) is 53.7 Å². The normalized spacial score (nSPS) is 24.8. The zero-order chi connectivity index (χ0) is 37.2. The van der Waals surface area contributed by atoms with Gasteiger partial charge in [0.2, 0.25) is 0 Å². The number of piperidine rings is 2. The average molecular weight is 742 g/mol. The van der Waals surface area contributed by atoms with Crippen LogP contribution in [0.2, 0.25) is 0 Å². The Balaban J connectivity index is 1.51. The fourth-order valence-electron chi connectivity index (χ4n) is 7.65. The number of thioether (sulfide) groups is 1. The number of hydrogen-bond acceptors (Lipinski definition) is 6. The van der Waals surface area contributed by atoms with Crippen LogP contribution in [0.5, 0.6) is 0 Å². The quantitative estimate of drug-likeness (QED) is 0.250. The molecule has 0 bridgehead atoms. The molecular formula is C36H41F6N3O5S. The number of hydrogen-bond donors (Lipinski definition) is 1. The first-order valence-corrected chi connectivity index (χ1v) is 18.0. The largest absolute Gasteiger partial charge is 0.481 e. The number of alkyl halides is 6. The van der Waals surface area contributed by atoms with Crippen LogP contribution >= 0.6 is 11.8 Å². The van der Waals surface area contributed by atoms with Crippen LogP contribution in [0, 0.1) is 0 Å². The van der Waals surface area contributed by atoms with Gasteiger partial charge in [-0.05, 0) is 74.6 Å². The van der Waals surface area contributed by atoms with Gasteiger partial charge in [-0.2, -0.15) is 26.3 Å². The minimum Gasteiger partial charge on any atom is -0.481 e. The van der Waals surface area contributed by atoms with Gasteiger partial charge in [0.25, 0.3) is 11.8 Å². The number of benzene rings is 1. The number of carbonyl (C=O) groups is 3. The van der Waals surface area contributed by atoms with Crippen LogP contribution in [0.1, 0.15) is 91.8 Å². The minimum atomic E-state index is -4.86. The van der Waals surface area contributed by atoms with E-state index >= 15 is 0 Å². The van der Waals surface area contributed by atoms with E-state index in [0.29, 0.717) is 43.5 Å². The summed E-state index contributed by atoms with van der Waals surface area (Å²) in [4.78, 5) is 46.0. The van der Waals surface area contributed by atoms with Crippen LogP contribution in [0.3, 0.4) is 0 Å². The first kappa shape index (κ1) is 38.6. The Morgan fingerprint density at radius 1 is 1.04 bits per heavy atom. The Labute approximate surface area is 296 Å². The van der Waals surface area contributed by atoms with Crippen molar-refractivity contribution in [3.8, 4) is 0 Å². The summed E-state index contributed by atoms with van der Waals surface area (Å²) in [5.41, 5.74) is -3.39. The molecule has 1 aromatic heterocycles. The molecule has 51 heavy (non-hydrogen) atoms. The highest BCUT2D eigenvalue weighted by molar-refractivity contribution is 8.03. The number of aromatic nitrogens is 1. The number of carboxylic acid groups (broad SMARTS) is 1. The van der Waals surface area contributed by atoms with Crippen LogP contribution < -0.4 is 0 Å². The first-order valence-electron chi connectivity index (χ1n) is 17.0. The fraction of sp³-hybridized carbons (Fsp3) is 0.556. The molecule has 2 fully saturated rings. The van der Waals surface area contributed by atoms with Crippen LogP contribution in [0.4, 0.5) is 26.3 Å². The monoisotopic (exact) mass is 741 g/mol. The maximum atomic E-state index is 14.9. The lowest BCUT2D eigenvalue weighted by Crippen LogP contribution is -2.68. The molecule has 0 aliphatic carbocycles. The van der Waals surface area contributed by atoms with Gasteiger partial charge in [0, 0.05) is 44.2 Å². The van der Waals surface area contributed by atoms with Gasteiger partial charge in [0.15, 0.2) is 5.60 Å². The van der Waals surface area contributed by atoms with Crippen LogP contribution in [-0.2, 0) is 26.9 Å². The number of pyridine rings is 1.